The van der Waals surface area contributed by atoms with Gasteiger partial charge in [0.25, 0.3) is 0 Å². The minimum atomic E-state index is -0.309. The molecule has 1 amide bonds. The van der Waals surface area contributed by atoms with Crippen molar-refractivity contribution < 1.29 is 14.3 Å². The van der Waals surface area contributed by atoms with Crippen molar-refractivity contribution in [2.24, 2.45) is 5.73 Å². The molecule has 0 bridgehead atoms. The second kappa shape index (κ2) is 8.98. The molecule has 0 spiro atoms. The topological polar surface area (TPSA) is 68.0 Å². The molecule has 6 heteroatoms. The minimum Gasteiger partial charge on any atom is -0.380 e. The fraction of sp³-hybridized carbons (Fsp3) is 0.588. The van der Waals surface area contributed by atoms with Crippen LogP contribution in [-0.2, 0) is 27.4 Å². The molecule has 1 atom stereocenters. The standard InChI is InChI=1S/C17H27N3O3/c1-19(12-17(18)21)10-16-11-20(7-8-23-16)9-14-3-5-15(6-4-14)13-22-2/h3-6,16H,7-13H2,1-2H3,(H2,18,21). The third-order valence-electron chi connectivity index (χ3n) is 3.90. The molecule has 23 heavy (non-hydrogen) atoms. The summed E-state index contributed by atoms with van der Waals surface area (Å²) >= 11 is 0. The van der Waals surface area contributed by atoms with Crippen LogP contribution in [0.15, 0.2) is 24.3 Å². The van der Waals surface area contributed by atoms with Gasteiger partial charge in [0.05, 0.1) is 25.9 Å². The van der Waals surface area contributed by atoms with E-state index in [1.54, 1.807) is 7.11 Å². The van der Waals surface area contributed by atoms with Gasteiger partial charge in [-0.25, -0.2) is 0 Å². The van der Waals surface area contributed by atoms with Gasteiger partial charge in [0.2, 0.25) is 5.91 Å². The number of nitrogens with two attached hydrogens (primary N) is 1. The number of amides is 1. The third kappa shape index (κ3) is 6.27. The lowest BCUT2D eigenvalue weighted by Crippen LogP contribution is -2.47. The molecule has 6 nitrogen and oxygen atoms in total. The fourth-order valence-corrected chi connectivity index (χ4v) is 2.88. The fourth-order valence-electron chi connectivity index (χ4n) is 2.88. The van der Waals surface area contributed by atoms with Crippen LogP contribution in [-0.4, -0.2) is 68.8 Å². The van der Waals surface area contributed by atoms with Crippen molar-refractivity contribution in [1.82, 2.24) is 9.80 Å². The maximum absolute atomic E-state index is 11.0. The Kier molecular flexibility index (Phi) is 6.98. The molecule has 0 saturated carbocycles. The molecule has 1 unspecified atom stereocenters. The van der Waals surface area contributed by atoms with Crippen LogP contribution in [0.5, 0.6) is 0 Å². The summed E-state index contributed by atoms with van der Waals surface area (Å²) < 4.78 is 10.9. The highest BCUT2D eigenvalue weighted by molar-refractivity contribution is 5.75. The average molecular weight is 321 g/mol. The van der Waals surface area contributed by atoms with E-state index in [0.29, 0.717) is 13.2 Å². The predicted molar refractivity (Wildman–Crippen MR) is 88.9 cm³/mol. The Bertz CT molecular complexity index is 492. The molecule has 128 valence electrons. The summed E-state index contributed by atoms with van der Waals surface area (Å²) in [5.74, 6) is -0.309. The van der Waals surface area contributed by atoms with E-state index in [1.807, 2.05) is 11.9 Å². The lowest BCUT2D eigenvalue weighted by atomic mass is 10.1. The number of carbonyl (C=O) groups excluding carboxylic acids is 1. The monoisotopic (exact) mass is 321 g/mol. The zero-order valence-electron chi connectivity index (χ0n) is 14.0. The first-order valence-corrected chi connectivity index (χ1v) is 7.94. The number of hydrogen-bond acceptors (Lipinski definition) is 5. The van der Waals surface area contributed by atoms with Crippen molar-refractivity contribution in [2.45, 2.75) is 19.3 Å². The number of rotatable bonds is 8. The number of likely N-dealkylation sites (N-methyl/N-ethyl adjacent to an activating group) is 1. The SMILES string of the molecule is COCc1ccc(CN2CCOC(CN(C)CC(N)=O)C2)cc1. The number of morpholine rings is 1. The average Bonchev–Trinajstić information content (AvgIpc) is 2.49. The molecular formula is C17H27N3O3. The number of nitrogens with zero attached hydrogens (tertiary/aromatic N) is 2. The van der Waals surface area contributed by atoms with Crippen LogP contribution in [0.25, 0.3) is 0 Å². The van der Waals surface area contributed by atoms with E-state index in [1.165, 1.54) is 11.1 Å². The molecule has 0 aliphatic carbocycles. The molecule has 0 aromatic heterocycles. The number of primary amides is 1. The Morgan fingerprint density at radius 3 is 2.74 bits per heavy atom. The maximum Gasteiger partial charge on any atom is 0.231 e. The molecule has 0 radical (unpaired) electrons. The summed E-state index contributed by atoms with van der Waals surface area (Å²) in [5, 5.41) is 0. The van der Waals surface area contributed by atoms with Gasteiger partial charge in [0.1, 0.15) is 0 Å². The van der Waals surface area contributed by atoms with Crippen LogP contribution >= 0.6 is 0 Å². The molecular weight excluding hydrogens is 294 g/mol. The van der Waals surface area contributed by atoms with Gasteiger partial charge in [-0.1, -0.05) is 24.3 Å². The molecule has 1 saturated heterocycles. The summed E-state index contributed by atoms with van der Waals surface area (Å²) in [5.41, 5.74) is 7.69. The van der Waals surface area contributed by atoms with Crippen LogP contribution in [0.1, 0.15) is 11.1 Å². The Labute approximate surface area is 138 Å². The van der Waals surface area contributed by atoms with E-state index in [0.717, 1.165) is 26.2 Å². The zero-order chi connectivity index (χ0) is 16.7. The van der Waals surface area contributed by atoms with Gasteiger partial charge in [0.15, 0.2) is 0 Å². The number of ether oxygens (including phenoxy) is 2. The first-order valence-electron chi connectivity index (χ1n) is 7.94. The van der Waals surface area contributed by atoms with Crippen molar-refractivity contribution in [3.8, 4) is 0 Å². The number of benzene rings is 1. The van der Waals surface area contributed by atoms with Crippen molar-refractivity contribution in [3.63, 3.8) is 0 Å². The summed E-state index contributed by atoms with van der Waals surface area (Å²) in [6.07, 6.45) is 0.112. The minimum absolute atomic E-state index is 0.112. The van der Waals surface area contributed by atoms with E-state index in [2.05, 4.69) is 29.2 Å². The molecule has 1 aliphatic heterocycles. The second-order valence-corrected chi connectivity index (χ2v) is 6.14. The van der Waals surface area contributed by atoms with E-state index in [4.69, 9.17) is 15.2 Å². The number of hydrogen-bond donors (Lipinski definition) is 1. The summed E-state index contributed by atoms with van der Waals surface area (Å²) in [7, 11) is 3.60. The second-order valence-electron chi connectivity index (χ2n) is 6.14. The van der Waals surface area contributed by atoms with Gasteiger partial charge in [-0.3, -0.25) is 14.6 Å². The first kappa shape index (κ1) is 17.9. The van der Waals surface area contributed by atoms with Gasteiger partial charge in [-0.2, -0.15) is 0 Å². The Morgan fingerprint density at radius 1 is 1.39 bits per heavy atom. The molecule has 1 fully saturated rings. The van der Waals surface area contributed by atoms with Gasteiger partial charge < -0.3 is 15.2 Å². The highest BCUT2D eigenvalue weighted by Gasteiger charge is 2.22. The molecule has 1 heterocycles. The highest BCUT2D eigenvalue weighted by Crippen LogP contribution is 2.12. The van der Waals surface area contributed by atoms with E-state index >= 15 is 0 Å². The molecule has 2 N–H and O–H groups in total. The maximum atomic E-state index is 11.0. The van der Waals surface area contributed by atoms with Crippen LogP contribution in [0.2, 0.25) is 0 Å². The van der Waals surface area contributed by atoms with Crippen LogP contribution < -0.4 is 5.73 Å². The van der Waals surface area contributed by atoms with Crippen molar-refractivity contribution in [1.29, 1.82) is 0 Å². The molecule has 2 rings (SSSR count). The Balaban J connectivity index is 1.82. The summed E-state index contributed by atoms with van der Waals surface area (Å²) in [6.45, 7) is 5.04. The Hall–Kier alpha value is -1.47. The van der Waals surface area contributed by atoms with E-state index in [-0.39, 0.29) is 18.6 Å². The quantitative estimate of drug-likeness (QED) is 0.753. The number of carbonyl (C=O) groups is 1. The third-order valence-corrected chi connectivity index (χ3v) is 3.90. The first-order chi connectivity index (χ1) is 11.1. The zero-order valence-corrected chi connectivity index (χ0v) is 14.0. The van der Waals surface area contributed by atoms with Crippen LogP contribution in [0, 0.1) is 0 Å². The summed E-state index contributed by atoms with van der Waals surface area (Å²) in [6, 6.07) is 8.52. The number of methoxy groups -OCH3 is 1. The lowest BCUT2D eigenvalue weighted by molar-refractivity contribution is -0.119. The largest absolute Gasteiger partial charge is 0.380 e. The smallest absolute Gasteiger partial charge is 0.231 e. The van der Waals surface area contributed by atoms with Crippen LogP contribution in [0.4, 0.5) is 0 Å². The summed E-state index contributed by atoms with van der Waals surface area (Å²) in [4.78, 5) is 15.3. The lowest BCUT2D eigenvalue weighted by Gasteiger charge is -2.34. The molecule has 1 aromatic carbocycles. The van der Waals surface area contributed by atoms with Gasteiger partial charge >= 0.3 is 0 Å². The Morgan fingerprint density at radius 2 is 2.09 bits per heavy atom. The molecule has 1 aromatic rings. The van der Waals surface area contributed by atoms with Crippen molar-refractivity contribution >= 4 is 5.91 Å². The highest BCUT2D eigenvalue weighted by atomic mass is 16.5. The molecule has 1 aliphatic rings. The van der Waals surface area contributed by atoms with Crippen molar-refractivity contribution in [3.05, 3.63) is 35.4 Å². The van der Waals surface area contributed by atoms with Crippen molar-refractivity contribution in [2.75, 3.05) is 46.9 Å². The van der Waals surface area contributed by atoms with Gasteiger partial charge in [0, 0.05) is 33.3 Å². The predicted octanol–water partition coefficient (Wildman–Crippen LogP) is 0.451. The van der Waals surface area contributed by atoms with Gasteiger partial charge in [-0.05, 0) is 18.2 Å². The van der Waals surface area contributed by atoms with E-state index in [9.17, 15) is 4.79 Å². The van der Waals surface area contributed by atoms with E-state index < -0.39 is 0 Å². The van der Waals surface area contributed by atoms with Crippen LogP contribution in [0.3, 0.4) is 0 Å². The normalized spacial score (nSPS) is 19.2. The van der Waals surface area contributed by atoms with Gasteiger partial charge in [-0.15, -0.1) is 0 Å².